The number of amidine groups is 1. The van der Waals surface area contributed by atoms with Crippen molar-refractivity contribution < 1.29 is 5.21 Å². The second-order valence-electron chi connectivity index (χ2n) is 5.54. The maximum Gasteiger partial charge on any atom is 0.188 e. The molecule has 0 spiro atoms. The maximum atomic E-state index is 8.57. The van der Waals surface area contributed by atoms with Gasteiger partial charge in [-0.2, -0.15) is 0 Å². The lowest BCUT2D eigenvalue weighted by molar-refractivity contribution is 0.318. The van der Waals surface area contributed by atoms with Gasteiger partial charge in [-0.15, -0.1) is 0 Å². The minimum Gasteiger partial charge on any atom is -0.409 e. The Bertz CT molecular complexity index is 420. The standard InChI is InChI=1S/C13H22N4O/c1-9(13(2,3)4)17(5)10-6-7-11(15-8-10)12(14)16-18/h6-9,18H,1-5H3,(H2,14,16). The van der Waals surface area contributed by atoms with E-state index >= 15 is 0 Å². The molecule has 0 bridgehead atoms. The van der Waals surface area contributed by atoms with Gasteiger partial charge >= 0.3 is 0 Å². The number of hydrogen-bond acceptors (Lipinski definition) is 4. The lowest BCUT2D eigenvalue weighted by Gasteiger charge is -2.36. The lowest BCUT2D eigenvalue weighted by Crippen LogP contribution is -2.39. The van der Waals surface area contributed by atoms with Gasteiger partial charge in [0, 0.05) is 13.1 Å². The third-order valence-electron chi connectivity index (χ3n) is 3.36. The minimum absolute atomic E-state index is 0.0214. The van der Waals surface area contributed by atoms with E-state index in [0.717, 1.165) is 5.69 Å². The van der Waals surface area contributed by atoms with Crippen LogP contribution in [0.1, 0.15) is 33.4 Å². The third kappa shape index (κ3) is 3.12. The SMILES string of the molecule is CC(N(C)c1ccc(/C(N)=N/O)nc1)C(C)(C)C. The van der Waals surface area contributed by atoms with Crippen LogP contribution in [0.5, 0.6) is 0 Å². The summed E-state index contributed by atoms with van der Waals surface area (Å²) in [6, 6.07) is 4.04. The Labute approximate surface area is 108 Å². The molecule has 18 heavy (non-hydrogen) atoms. The zero-order chi connectivity index (χ0) is 13.9. The topological polar surface area (TPSA) is 74.7 Å². The summed E-state index contributed by atoms with van der Waals surface area (Å²) in [5.41, 5.74) is 7.13. The van der Waals surface area contributed by atoms with Gasteiger partial charge in [0.05, 0.1) is 11.9 Å². The normalized spacial score (nSPS) is 14.4. The molecule has 0 amide bonds. The zero-order valence-electron chi connectivity index (χ0n) is 11.7. The Morgan fingerprint density at radius 3 is 2.44 bits per heavy atom. The van der Waals surface area contributed by atoms with Crippen molar-refractivity contribution in [3.05, 3.63) is 24.0 Å². The Kier molecular flexibility index (Phi) is 4.16. The monoisotopic (exact) mass is 250 g/mol. The number of pyridine rings is 1. The van der Waals surface area contributed by atoms with Crippen LogP contribution in [0.25, 0.3) is 0 Å². The van der Waals surface area contributed by atoms with E-state index in [1.165, 1.54) is 0 Å². The zero-order valence-corrected chi connectivity index (χ0v) is 11.7. The molecule has 1 aromatic rings. The summed E-state index contributed by atoms with van der Waals surface area (Å²) in [6.07, 6.45) is 1.73. The van der Waals surface area contributed by atoms with Crippen LogP contribution >= 0.6 is 0 Å². The van der Waals surface area contributed by atoms with Crippen LogP contribution in [-0.2, 0) is 0 Å². The molecule has 0 aliphatic rings. The smallest absolute Gasteiger partial charge is 0.188 e. The van der Waals surface area contributed by atoms with Crippen molar-refractivity contribution in [3.8, 4) is 0 Å². The number of hydrogen-bond donors (Lipinski definition) is 2. The fraction of sp³-hybridized carbons (Fsp3) is 0.538. The number of aromatic nitrogens is 1. The van der Waals surface area contributed by atoms with Crippen molar-refractivity contribution in [2.75, 3.05) is 11.9 Å². The first-order valence-electron chi connectivity index (χ1n) is 5.94. The highest BCUT2D eigenvalue weighted by molar-refractivity contribution is 5.95. The predicted octanol–water partition coefficient (Wildman–Crippen LogP) is 2.05. The van der Waals surface area contributed by atoms with E-state index in [2.05, 4.69) is 42.7 Å². The Morgan fingerprint density at radius 1 is 1.44 bits per heavy atom. The first-order valence-corrected chi connectivity index (χ1v) is 5.94. The second-order valence-corrected chi connectivity index (χ2v) is 5.54. The lowest BCUT2D eigenvalue weighted by atomic mass is 9.87. The van der Waals surface area contributed by atoms with Gasteiger partial charge in [-0.1, -0.05) is 25.9 Å². The van der Waals surface area contributed by atoms with E-state index in [9.17, 15) is 0 Å². The van der Waals surface area contributed by atoms with Gasteiger partial charge in [-0.25, -0.2) is 0 Å². The van der Waals surface area contributed by atoms with Crippen molar-refractivity contribution in [2.45, 2.75) is 33.7 Å². The van der Waals surface area contributed by atoms with Crippen LogP contribution in [-0.4, -0.2) is 29.1 Å². The van der Waals surface area contributed by atoms with E-state index in [-0.39, 0.29) is 11.3 Å². The van der Waals surface area contributed by atoms with Gasteiger partial charge in [-0.3, -0.25) is 4.98 Å². The van der Waals surface area contributed by atoms with Crippen LogP contribution in [0.2, 0.25) is 0 Å². The molecule has 0 radical (unpaired) electrons. The summed E-state index contributed by atoms with van der Waals surface area (Å²) in [4.78, 5) is 6.35. The summed E-state index contributed by atoms with van der Waals surface area (Å²) in [5, 5.41) is 11.5. The van der Waals surface area contributed by atoms with Gasteiger partial charge in [-0.05, 0) is 24.5 Å². The molecule has 1 heterocycles. The molecule has 0 saturated carbocycles. The molecule has 5 heteroatoms. The van der Waals surface area contributed by atoms with Gasteiger partial charge in [0.1, 0.15) is 5.69 Å². The summed E-state index contributed by atoms with van der Waals surface area (Å²) in [5.74, 6) is 0.0214. The largest absolute Gasteiger partial charge is 0.409 e. The highest BCUT2D eigenvalue weighted by Gasteiger charge is 2.24. The average Bonchev–Trinajstić information content (AvgIpc) is 2.35. The Balaban J connectivity index is 2.92. The van der Waals surface area contributed by atoms with Crippen LogP contribution in [0, 0.1) is 5.41 Å². The van der Waals surface area contributed by atoms with Crippen molar-refractivity contribution in [3.63, 3.8) is 0 Å². The molecular formula is C13H22N4O. The fourth-order valence-electron chi connectivity index (χ4n) is 1.60. The van der Waals surface area contributed by atoms with Crippen LogP contribution in [0.15, 0.2) is 23.5 Å². The highest BCUT2D eigenvalue weighted by atomic mass is 16.4. The van der Waals surface area contributed by atoms with Crippen molar-refractivity contribution in [2.24, 2.45) is 16.3 Å². The minimum atomic E-state index is 0.0214. The van der Waals surface area contributed by atoms with Crippen molar-refractivity contribution in [1.82, 2.24) is 4.98 Å². The Hall–Kier alpha value is -1.78. The first-order chi connectivity index (χ1) is 8.27. The number of rotatable bonds is 3. The summed E-state index contributed by atoms with van der Waals surface area (Å²) in [6.45, 7) is 8.78. The average molecular weight is 250 g/mol. The first kappa shape index (κ1) is 14.3. The molecule has 1 rings (SSSR count). The third-order valence-corrected chi connectivity index (χ3v) is 3.36. The van der Waals surface area contributed by atoms with E-state index < -0.39 is 0 Å². The van der Waals surface area contributed by atoms with Crippen LogP contribution in [0.3, 0.4) is 0 Å². The molecule has 3 N–H and O–H groups in total. The maximum absolute atomic E-state index is 8.57. The molecule has 1 atom stereocenters. The van der Waals surface area contributed by atoms with E-state index in [1.54, 1.807) is 12.3 Å². The van der Waals surface area contributed by atoms with Crippen LogP contribution in [0.4, 0.5) is 5.69 Å². The predicted molar refractivity (Wildman–Crippen MR) is 74.1 cm³/mol. The molecule has 0 aromatic carbocycles. The molecule has 1 aromatic heterocycles. The van der Waals surface area contributed by atoms with E-state index in [1.807, 2.05) is 13.1 Å². The molecular weight excluding hydrogens is 228 g/mol. The van der Waals surface area contributed by atoms with E-state index in [4.69, 9.17) is 10.9 Å². The second kappa shape index (κ2) is 5.25. The number of oxime groups is 1. The number of nitrogens with two attached hydrogens (primary N) is 1. The molecule has 0 saturated heterocycles. The fourth-order valence-corrected chi connectivity index (χ4v) is 1.60. The highest BCUT2D eigenvalue weighted by Crippen LogP contribution is 2.26. The van der Waals surface area contributed by atoms with Crippen molar-refractivity contribution in [1.29, 1.82) is 0 Å². The Morgan fingerprint density at radius 2 is 2.06 bits per heavy atom. The molecule has 100 valence electrons. The van der Waals surface area contributed by atoms with Gasteiger partial charge in [0.15, 0.2) is 5.84 Å². The van der Waals surface area contributed by atoms with E-state index in [0.29, 0.717) is 11.7 Å². The van der Waals surface area contributed by atoms with Gasteiger partial charge in [0.25, 0.3) is 0 Å². The van der Waals surface area contributed by atoms with Crippen molar-refractivity contribution >= 4 is 11.5 Å². The van der Waals surface area contributed by atoms with Gasteiger partial charge < -0.3 is 15.8 Å². The molecule has 1 unspecified atom stereocenters. The quantitative estimate of drug-likeness (QED) is 0.372. The van der Waals surface area contributed by atoms with Gasteiger partial charge in [0.2, 0.25) is 0 Å². The molecule has 0 aliphatic carbocycles. The van der Waals surface area contributed by atoms with Crippen LogP contribution < -0.4 is 10.6 Å². The summed E-state index contributed by atoms with van der Waals surface area (Å²) >= 11 is 0. The molecule has 5 nitrogen and oxygen atoms in total. The number of anilines is 1. The molecule has 0 fully saturated rings. The number of nitrogens with zero attached hydrogens (tertiary/aromatic N) is 3. The summed E-state index contributed by atoms with van der Waals surface area (Å²) in [7, 11) is 2.04. The summed E-state index contributed by atoms with van der Waals surface area (Å²) < 4.78 is 0. The molecule has 0 aliphatic heterocycles.